The number of nitro benzene ring substituents is 1. The number of benzene rings is 2. The average Bonchev–Trinajstić information content (AvgIpc) is 2.73. The van der Waals surface area contributed by atoms with Crippen LogP contribution in [0.25, 0.3) is 0 Å². The molecule has 0 bridgehead atoms. The number of nitro groups is 1. The Hall–Kier alpha value is -2.49. The lowest BCUT2D eigenvalue weighted by molar-refractivity contribution is -0.385. The molecule has 1 saturated heterocycles. The molecule has 0 aromatic heterocycles. The number of para-hydroxylation sites is 1. The number of hydrogen-bond donors (Lipinski definition) is 1. The fourth-order valence-corrected chi connectivity index (χ4v) is 5.08. The summed E-state index contributed by atoms with van der Waals surface area (Å²) in [6.45, 7) is 2.77. The molecule has 0 atom stereocenters. The second kappa shape index (κ2) is 8.48. The van der Waals surface area contributed by atoms with Crippen molar-refractivity contribution in [1.29, 1.82) is 0 Å². The highest BCUT2D eigenvalue weighted by Crippen LogP contribution is 2.39. The predicted molar refractivity (Wildman–Crippen MR) is 108 cm³/mol. The molecule has 0 aliphatic carbocycles. The van der Waals surface area contributed by atoms with Crippen LogP contribution in [0.2, 0.25) is 0 Å². The molecule has 1 aliphatic heterocycles. The van der Waals surface area contributed by atoms with Gasteiger partial charge in [0.15, 0.2) is 0 Å². The van der Waals surface area contributed by atoms with Crippen LogP contribution in [0.4, 0.5) is 5.69 Å². The molecule has 1 heterocycles. The van der Waals surface area contributed by atoms with E-state index in [2.05, 4.69) is 4.72 Å². The van der Waals surface area contributed by atoms with E-state index in [-0.39, 0.29) is 17.1 Å². The van der Waals surface area contributed by atoms with Gasteiger partial charge in [0.2, 0.25) is 10.0 Å². The molecule has 156 valence electrons. The highest BCUT2D eigenvalue weighted by atomic mass is 32.2. The van der Waals surface area contributed by atoms with Crippen LogP contribution in [0, 0.1) is 17.0 Å². The number of nitrogens with zero attached hydrogens (tertiary/aromatic N) is 1. The molecule has 0 spiro atoms. The van der Waals surface area contributed by atoms with Crippen LogP contribution in [-0.2, 0) is 20.2 Å². The van der Waals surface area contributed by atoms with E-state index in [4.69, 9.17) is 9.47 Å². The minimum Gasteiger partial charge on any atom is -0.496 e. The van der Waals surface area contributed by atoms with Crippen molar-refractivity contribution in [3.63, 3.8) is 0 Å². The van der Waals surface area contributed by atoms with Crippen LogP contribution in [0.3, 0.4) is 0 Å². The third-order valence-electron chi connectivity index (χ3n) is 5.40. The molecule has 0 radical (unpaired) electrons. The Kier molecular flexibility index (Phi) is 6.21. The quantitative estimate of drug-likeness (QED) is 0.545. The monoisotopic (exact) mass is 420 g/mol. The Bertz CT molecular complexity index is 1000. The second-order valence-corrected chi connectivity index (χ2v) is 8.86. The van der Waals surface area contributed by atoms with Gasteiger partial charge in [0.1, 0.15) is 5.75 Å². The molecule has 0 amide bonds. The smallest absolute Gasteiger partial charge is 0.270 e. The highest BCUT2D eigenvalue weighted by molar-refractivity contribution is 7.89. The first-order valence-electron chi connectivity index (χ1n) is 9.25. The minimum absolute atomic E-state index is 0.0889. The summed E-state index contributed by atoms with van der Waals surface area (Å²) in [6, 6.07) is 11.4. The average molecular weight is 420 g/mol. The number of hydrogen-bond acceptors (Lipinski definition) is 6. The van der Waals surface area contributed by atoms with Crippen LogP contribution < -0.4 is 9.46 Å². The van der Waals surface area contributed by atoms with E-state index in [1.807, 2.05) is 24.3 Å². The third-order valence-corrected chi connectivity index (χ3v) is 6.94. The molecular weight excluding hydrogens is 396 g/mol. The van der Waals surface area contributed by atoms with Gasteiger partial charge in [-0.25, -0.2) is 13.1 Å². The van der Waals surface area contributed by atoms with Gasteiger partial charge in [-0.2, -0.15) is 0 Å². The molecule has 2 aromatic carbocycles. The second-order valence-electron chi connectivity index (χ2n) is 7.12. The van der Waals surface area contributed by atoms with E-state index >= 15 is 0 Å². The molecule has 1 fully saturated rings. The highest BCUT2D eigenvalue weighted by Gasteiger charge is 2.38. The first-order chi connectivity index (χ1) is 13.8. The predicted octanol–water partition coefficient (Wildman–Crippen LogP) is 2.94. The summed E-state index contributed by atoms with van der Waals surface area (Å²) in [6.07, 6.45) is 1.26. The molecule has 1 N–H and O–H groups in total. The SMILES string of the molecule is COc1ccccc1C1(CNS(=O)(=O)c2cc([N+](=O)[O-])ccc2C)CCOCC1. The molecular formula is C20H24N2O6S. The van der Waals surface area contributed by atoms with Gasteiger partial charge in [-0.15, -0.1) is 0 Å². The standard InChI is InChI=1S/C20H24N2O6S/c1-15-7-8-16(22(23)24)13-19(15)29(25,26)21-14-20(9-11-28-12-10-20)17-5-3-4-6-18(17)27-2/h3-8,13,21H,9-12,14H2,1-2H3. The number of rotatable bonds is 7. The lowest BCUT2D eigenvalue weighted by Crippen LogP contribution is -2.44. The first kappa shape index (κ1) is 21.2. The molecule has 0 saturated carbocycles. The molecule has 3 rings (SSSR count). The number of methoxy groups -OCH3 is 1. The van der Waals surface area contributed by atoms with Gasteiger partial charge in [-0.3, -0.25) is 10.1 Å². The fourth-order valence-electron chi connectivity index (χ4n) is 3.69. The van der Waals surface area contributed by atoms with Gasteiger partial charge in [0.05, 0.1) is 16.9 Å². The Morgan fingerprint density at radius 3 is 2.55 bits per heavy atom. The maximum Gasteiger partial charge on any atom is 0.270 e. The summed E-state index contributed by atoms with van der Waals surface area (Å²) in [7, 11) is -2.36. The number of sulfonamides is 1. The van der Waals surface area contributed by atoms with E-state index in [1.54, 1.807) is 14.0 Å². The van der Waals surface area contributed by atoms with E-state index in [1.165, 1.54) is 12.1 Å². The van der Waals surface area contributed by atoms with Crippen molar-refractivity contribution in [2.75, 3.05) is 26.9 Å². The van der Waals surface area contributed by atoms with Crippen LogP contribution in [-0.4, -0.2) is 40.2 Å². The molecule has 1 aliphatic rings. The van der Waals surface area contributed by atoms with E-state index in [0.29, 0.717) is 37.4 Å². The fraction of sp³-hybridized carbons (Fsp3) is 0.400. The molecule has 29 heavy (non-hydrogen) atoms. The third kappa shape index (κ3) is 4.42. The Morgan fingerprint density at radius 2 is 1.90 bits per heavy atom. The lowest BCUT2D eigenvalue weighted by atomic mass is 9.74. The number of aryl methyl sites for hydroxylation is 1. The lowest BCUT2D eigenvalue weighted by Gasteiger charge is -2.38. The van der Waals surface area contributed by atoms with Crippen molar-refractivity contribution in [3.8, 4) is 5.75 Å². The largest absolute Gasteiger partial charge is 0.496 e. The Balaban J connectivity index is 1.94. The molecule has 0 unspecified atom stereocenters. The van der Waals surface area contributed by atoms with Crippen molar-refractivity contribution in [3.05, 3.63) is 63.7 Å². The summed E-state index contributed by atoms with van der Waals surface area (Å²) < 4.78 is 39.7. The van der Waals surface area contributed by atoms with Crippen molar-refractivity contribution in [2.45, 2.75) is 30.1 Å². The number of nitrogens with one attached hydrogen (secondary N) is 1. The van der Waals surface area contributed by atoms with Gasteiger partial charge in [0.25, 0.3) is 5.69 Å². The number of non-ortho nitro benzene ring substituents is 1. The van der Waals surface area contributed by atoms with Crippen molar-refractivity contribution in [2.24, 2.45) is 0 Å². The van der Waals surface area contributed by atoms with Gasteiger partial charge in [0, 0.05) is 42.9 Å². The van der Waals surface area contributed by atoms with E-state index in [9.17, 15) is 18.5 Å². The Morgan fingerprint density at radius 1 is 1.21 bits per heavy atom. The van der Waals surface area contributed by atoms with Gasteiger partial charge < -0.3 is 9.47 Å². The molecule has 2 aromatic rings. The minimum atomic E-state index is -3.95. The van der Waals surface area contributed by atoms with Crippen molar-refractivity contribution in [1.82, 2.24) is 4.72 Å². The van der Waals surface area contributed by atoms with Crippen molar-refractivity contribution >= 4 is 15.7 Å². The summed E-state index contributed by atoms with van der Waals surface area (Å²) in [5.41, 5.74) is 0.610. The zero-order chi connectivity index (χ0) is 21.1. The Labute approximate surface area is 170 Å². The van der Waals surface area contributed by atoms with Crippen LogP contribution in [0.1, 0.15) is 24.0 Å². The van der Waals surface area contributed by atoms with Crippen LogP contribution in [0.15, 0.2) is 47.4 Å². The van der Waals surface area contributed by atoms with Gasteiger partial charge in [-0.05, 0) is 31.4 Å². The van der Waals surface area contributed by atoms with Gasteiger partial charge >= 0.3 is 0 Å². The summed E-state index contributed by atoms with van der Waals surface area (Å²) in [4.78, 5) is 10.4. The first-order valence-corrected chi connectivity index (χ1v) is 10.7. The van der Waals surface area contributed by atoms with Crippen LogP contribution >= 0.6 is 0 Å². The van der Waals surface area contributed by atoms with Crippen molar-refractivity contribution < 1.29 is 22.8 Å². The maximum atomic E-state index is 13.0. The van der Waals surface area contributed by atoms with Crippen LogP contribution in [0.5, 0.6) is 5.75 Å². The normalized spacial score (nSPS) is 16.3. The topological polar surface area (TPSA) is 108 Å². The number of ether oxygens (including phenoxy) is 2. The molecule has 9 heteroatoms. The van der Waals surface area contributed by atoms with E-state index in [0.717, 1.165) is 11.6 Å². The van der Waals surface area contributed by atoms with Gasteiger partial charge in [-0.1, -0.05) is 24.3 Å². The molecule has 8 nitrogen and oxygen atoms in total. The van der Waals surface area contributed by atoms with E-state index < -0.39 is 20.4 Å². The maximum absolute atomic E-state index is 13.0. The summed E-state index contributed by atoms with van der Waals surface area (Å²) >= 11 is 0. The zero-order valence-corrected chi connectivity index (χ0v) is 17.2. The zero-order valence-electron chi connectivity index (χ0n) is 16.4. The summed E-state index contributed by atoms with van der Waals surface area (Å²) in [5, 5.41) is 11.1. The summed E-state index contributed by atoms with van der Waals surface area (Å²) in [5.74, 6) is 0.695.